The summed E-state index contributed by atoms with van der Waals surface area (Å²) in [6.07, 6.45) is 5.96. The van der Waals surface area contributed by atoms with E-state index in [4.69, 9.17) is 4.74 Å². The minimum Gasteiger partial charge on any atom is -0.497 e. The summed E-state index contributed by atoms with van der Waals surface area (Å²) >= 11 is 0. The number of carbonyl (C=O) groups is 1. The second-order valence-electron chi connectivity index (χ2n) is 5.19. The topological polar surface area (TPSA) is 26.3 Å². The highest BCUT2D eigenvalue weighted by molar-refractivity contribution is 5.81. The molecular weight excluding hydrogens is 236 g/mol. The predicted octanol–water partition coefficient (Wildman–Crippen LogP) is 4.41. The Kier molecular flexibility index (Phi) is 7.24. The second kappa shape index (κ2) is 8.73. The van der Waals surface area contributed by atoms with Gasteiger partial charge in [0.1, 0.15) is 11.5 Å². The Balaban J connectivity index is 2.49. The van der Waals surface area contributed by atoms with Crippen LogP contribution >= 0.6 is 0 Å². The lowest BCUT2D eigenvalue weighted by molar-refractivity contribution is -0.119. The van der Waals surface area contributed by atoms with Crippen LogP contribution in [0.1, 0.15) is 51.5 Å². The highest BCUT2D eigenvalue weighted by Crippen LogP contribution is 2.19. The van der Waals surface area contributed by atoms with Crippen LogP contribution in [0.3, 0.4) is 0 Å². The Labute approximate surface area is 117 Å². The molecule has 1 unspecified atom stereocenters. The van der Waals surface area contributed by atoms with Crippen LogP contribution in [0.2, 0.25) is 0 Å². The fourth-order valence-corrected chi connectivity index (χ4v) is 2.35. The Morgan fingerprint density at radius 2 is 2.11 bits per heavy atom. The van der Waals surface area contributed by atoms with E-state index >= 15 is 0 Å². The zero-order valence-electron chi connectivity index (χ0n) is 12.4. The number of hydrogen-bond donors (Lipinski definition) is 0. The number of carbonyl (C=O) groups excluding carboxylic acids is 1. The Morgan fingerprint density at radius 1 is 1.32 bits per heavy atom. The lowest BCUT2D eigenvalue weighted by Gasteiger charge is -2.13. The zero-order valence-corrected chi connectivity index (χ0v) is 12.4. The maximum Gasteiger partial charge on any atom is 0.137 e. The fourth-order valence-electron chi connectivity index (χ4n) is 2.35. The largest absolute Gasteiger partial charge is 0.497 e. The van der Waals surface area contributed by atoms with E-state index < -0.39 is 0 Å². The Morgan fingerprint density at radius 3 is 2.74 bits per heavy atom. The normalized spacial score (nSPS) is 12.2. The van der Waals surface area contributed by atoms with E-state index in [2.05, 4.69) is 13.8 Å². The molecular formula is C17H26O2. The Hall–Kier alpha value is -1.31. The highest BCUT2D eigenvalue weighted by Gasteiger charge is 2.12. The molecule has 0 aromatic heterocycles. The molecule has 0 bridgehead atoms. The second-order valence-corrected chi connectivity index (χ2v) is 5.19. The molecule has 0 aliphatic rings. The van der Waals surface area contributed by atoms with Crippen LogP contribution in [0.4, 0.5) is 0 Å². The standard InChI is InChI=1S/C17H26O2/c1-4-6-8-14(5-2)11-16(18)12-15-9-7-10-17(13-15)19-3/h7,9-10,13-14H,4-6,8,11-12H2,1-3H3. The van der Waals surface area contributed by atoms with E-state index in [1.54, 1.807) is 7.11 Å². The third kappa shape index (κ3) is 5.91. The predicted molar refractivity (Wildman–Crippen MR) is 79.6 cm³/mol. The van der Waals surface area contributed by atoms with Crippen molar-refractivity contribution in [1.29, 1.82) is 0 Å². The molecule has 0 spiro atoms. The summed E-state index contributed by atoms with van der Waals surface area (Å²) in [5.41, 5.74) is 1.05. The van der Waals surface area contributed by atoms with Gasteiger partial charge in [-0.3, -0.25) is 4.79 Å². The van der Waals surface area contributed by atoms with Crippen molar-refractivity contribution in [2.45, 2.75) is 52.4 Å². The van der Waals surface area contributed by atoms with Crippen molar-refractivity contribution >= 4 is 5.78 Å². The maximum absolute atomic E-state index is 12.1. The van der Waals surface area contributed by atoms with Gasteiger partial charge in [0.2, 0.25) is 0 Å². The molecule has 0 aliphatic heterocycles. The number of Topliss-reactive ketones (excluding diaryl/α,β-unsaturated/α-hetero) is 1. The van der Waals surface area contributed by atoms with Gasteiger partial charge in [0.15, 0.2) is 0 Å². The quantitative estimate of drug-likeness (QED) is 0.658. The molecule has 1 atom stereocenters. The number of ketones is 1. The average Bonchev–Trinajstić information content (AvgIpc) is 2.43. The van der Waals surface area contributed by atoms with Crippen LogP contribution in [0.5, 0.6) is 5.75 Å². The molecule has 0 aliphatic carbocycles. The zero-order chi connectivity index (χ0) is 14.1. The number of rotatable bonds is 9. The number of ether oxygens (including phenoxy) is 1. The molecule has 0 amide bonds. The Bertz CT molecular complexity index is 385. The molecule has 2 heteroatoms. The molecule has 2 nitrogen and oxygen atoms in total. The third-order valence-corrected chi connectivity index (χ3v) is 3.60. The van der Waals surface area contributed by atoms with Gasteiger partial charge in [0.05, 0.1) is 7.11 Å². The molecule has 0 radical (unpaired) electrons. The van der Waals surface area contributed by atoms with Gasteiger partial charge in [0, 0.05) is 12.8 Å². The van der Waals surface area contributed by atoms with E-state index in [1.807, 2.05) is 24.3 Å². The molecule has 19 heavy (non-hydrogen) atoms. The average molecular weight is 262 g/mol. The SMILES string of the molecule is CCCCC(CC)CC(=O)Cc1cccc(OC)c1. The smallest absolute Gasteiger partial charge is 0.137 e. The minimum atomic E-state index is 0.344. The molecule has 106 valence electrons. The molecule has 0 saturated carbocycles. The fraction of sp³-hybridized carbons (Fsp3) is 0.588. The molecule has 0 fully saturated rings. The summed E-state index contributed by atoms with van der Waals surface area (Å²) in [6.45, 7) is 4.38. The lowest BCUT2D eigenvalue weighted by atomic mass is 9.92. The van der Waals surface area contributed by atoms with Crippen molar-refractivity contribution in [3.8, 4) is 5.75 Å². The molecule has 0 N–H and O–H groups in total. The monoisotopic (exact) mass is 262 g/mol. The van der Waals surface area contributed by atoms with Gasteiger partial charge < -0.3 is 4.74 Å². The van der Waals surface area contributed by atoms with Crippen molar-refractivity contribution in [1.82, 2.24) is 0 Å². The van der Waals surface area contributed by atoms with Crippen LogP contribution in [-0.2, 0) is 11.2 Å². The van der Waals surface area contributed by atoms with Gasteiger partial charge in [-0.15, -0.1) is 0 Å². The number of hydrogen-bond acceptors (Lipinski definition) is 2. The van der Waals surface area contributed by atoms with Crippen LogP contribution in [-0.4, -0.2) is 12.9 Å². The van der Waals surface area contributed by atoms with Crippen molar-refractivity contribution < 1.29 is 9.53 Å². The van der Waals surface area contributed by atoms with Crippen LogP contribution < -0.4 is 4.74 Å². The van der Waals surface area contributed by atoms with E-state index in [9.17, 15) is 4.79 Å². The summed E-state index contributed by atoms with van der Waals surface area (Å²) < 4.78 is 5.18. The summed E-state index contributed by atoms with van der Waals surface area (Å²) in [5.74, 6) is 1.72. The van der Waals surface area contributed by atoms with E-state index in [-0.39, 0.29) is 0 Å². The van der Waals surface area contributed by atoms with E-state index in [0.29, 0.717) is 24.5 Å². The summed E-state index contributed by atoms with van der Waals surface area (Å²) in [4.78, 5) is 12.1. The van der Waals surface area contributed by atoms with Gasteiger partial charge in [-0.1, -0.05) is 51.7 Å². The number of benzene rings is 1. The first kappa shape index (κ1) is 15.7. The van der Waals surface area contributed by atoms with Crippen molar-refractivity contribution in [3.63, 3.8) is 0 Å². The lowest BCUT2D eigenvalue weighted by Crippen LogP contribution is -2.10. The van der Waals surface area contributed by atoms with Crippen LogP contribution in [0.25, 0.3) is 0 Å². The third-order valence-electron chi connectivity index (χ3n) is 3.60. The van der Waals surface area contributed by atoms with Gasteiger partial charge >= 0.3 is 0 Å². The van der Waals surface area contributed by atoms with Crippen LogP contribution in [0, 0.1) is 5.92 Å². The summed E-state index contributed by atoms with van der Waals surface area (Å²) in [6, 6.07) is 7.79. The molecule has 0 heterocycles. The molecule has 1 aromatic rings. The first-order valence-electron chi connectivity index (χ1n) is 7.34. The van der Waals surface area contributed by atoms with Gasteiger partial charge in [-0.05, 0) is 23.6 Å². The van der Waals surface area contributed by atoms with Crippen molar-refractivity contribution in [3.05, 3.63) is 29.8 Å². The molecule has 1 rings (SSSR count). The highest BCUT2D eigenvalue weighted by atomic mass is 16.5. The first-order valence-corrected chi connectivity index (χ1v) is 7.34. The van der Waals surface area contributed by atoms with E-state index in [0.717, 1.165) is 17.7 Å². The maximum atomic E-state index is 12.1. The minimum absolute atomic E-state index is 0.344. The van der Waals surface area contributed by atoms with Gasteiger partial charge in [-0.25, -0.2) is 0 Å². The van der Waals surface area contributed by atoms with Crippen molar-refractivity contribution in [2.24, 2.45) is 5.92 Å². The van der Waals surface area contributed by atoms with E-state index in [1.165, 1.54) is 19.3 Å². The van der Waals surface area contributed by atoms with Gasteiger partial charge in [0.25, 0.3) is 0 Å². The summed E-state index contributed by atoms with van der Waals surface area (Å²) in [7, 11) is 1.65. The molecule has 1 aromatic carbocycles. The molecule has 0 saturated heterocycles. The number of methoxy groups -OCH3 is 1. The van der Waals surface area contributed by atoms with Crippen molar-refractivity contribution in [2.75, 3.05) is 7.11 Å². The van der Waals surface area contributed by atoms with Crippen LogP contribution in [0.15, 0.2) is 24.3 Å². The van der Waals surface area contributed by atoms with Gasteiger partial charge in [-0.2, -0.15) is 0 Å². The number of unbranched alkanes of at least 4 members (excludes halogenated alkanes) is 1. The first-order chi connectivity index (χ1) is 9.19. The summed E-state index contributed by atoms with van der Waals surface area (Å²) in [5, 5.41) is 0.